The molecule has 0 bridgehead atoms. The Morgan fingerprint density at radius 1 is 0.966 bits per heavy atom. The van der Waals surface area contributed by atoms with E-state index in [2.05, 4.69) is 30.5 Å². The van der Waals surface area contributed by atoms with Crippen LogP contribution in [0.5, 0.6) is 0 Å². The lowest BCUT2D eigenvalue weighted by molar-refractivity contribution is 0.847. The van der Waals surface area contributed by atoms with Gasteiger partial charge in [0.05, 0.1) is 40.4 Å². The first kappa shape index (κ1) is 17.3. The highest BCUT2D eigenvalue weighted by molar-refractivity contribution is 6.32. The van der Waals surface area contributed by atoms with Gasteiger partial charge in [0.25, 0.3) is 0 Å². The molecule has 0 fully saturated rings. The van der Waals surface area contributed by atoms with Gasteiger partial charge in [0.15, 0.2) is 11.5 Å². The van der Waals surface area contributed by atoms with Crippen molar-refractivity contribution in [3.05, 3.63) is 78.1 Å². The molecule has 29 heavy (non-hydrogen) atoms. The third kappa shape index (κ3) is 3.19. The fourth-order valence-electron chi connectivity index (χ4n) is 3.06. The fraction of sp³-hybridized carbons (Fsp3) is 0.0500. The van der Waals surface area contributed by atoms with E-state index in [0.717, 1.165) is 22.4 Å². The Balaban J connectivity index is 1.53. The number of hydrogen-bond acceptors (Lipinski definition) is 6. The number of aromatic nitrogens is 7. The monoisotopic (exact) mass is 402 g/mol. The summed E-state index contributed by atoms with van der Waals surface area (Å²) in [5, 5.41) is 13.5. The fourth-order valence-corrected chi connectivity index (χ4v) is 3.26. The summed E-state index contributed by atoms with van der Waals surface area (Å²) in [5.41, 5.74) is 2.41. The highest BCUT2D eigenvalue weighted by atomic mass is 35.5. The zero-order valence-corrected chi connectivity index (χ0v) is 16.1. The smallest absolute Gasteiger partial charge is 0.172 e. The number of pyridine rings is 1. The maximum Gasteiger partial charge on any atom is 0.172 e. The van der Waals surface area contributed by atoms with Gasteiger partial charge in [0, 0.05) is 6.20 Å². The van der Waals surface area contributed by atoms with Gasteiger partial charge < -0.3 is 5.32 Å². The van der Waals surface area contributed by atoms with Crippen LogP contribution in [-0.2, 0) is 0 Å². The Morgan fingerprint density at radius 2 is 1.83 bits per heavy atom. The van der Waals surface area contributed by atoms with Crippen LogP contribution in [0.3, 0.4) is 0 Å². The molecule has 1 aromatic carbocycles. The molecule has 0 aliphatic carbocycles. The summed E-state index contributed by atoms with van der Waals surface area (Å²) in [4.78, 5) is 13.4. The maximum absolute atomic E-state index is 6.21. The number of benzene rings is 1. The number of para-hydroxylation sites is 1. The van der Waals surface area contributed by atoms with E-state index < -0.39 is 0 Å². The van der Waals surface area contributed by atoms with E-state index in [1.165, 1.54) is 0 Å². The van der Waals surface area contributed by atoms with Gasteiger partial charge in [-0.25, -0.2) is 24.3 Å². The molecule has 0 saturated carbocycles. The van der Waals surface area contributed by atoms with E-state index in [9.17, 15) is 0 Å². The van der Waals surface area contributed by atoms with Crippen molar-refractivity contribution in [3.8, 4) is 11.5 Å². The second kappa shape index (κ2) is 6.99. The van der Waals surface area contributed by atoms with E-state index in [1.807, 2.05) is 37.3 Å². The quantitative estimate of drug-likeness (QED) is 0.487. The van der Waals surface area contributed by atoms with Gasteiger partial charge in [0.2, 0.25) is 0 Å². The second-order valence-electron chi connectivity index (χ2n) is 6.36. The summed E-state index contributed by atoms with van der Waals surface area (Å²) in [6, 6.07) is 13.4. The number of aryl methyl sites for hydroxylation is 1. The molecule has 4 heterocycles. The molecule has 0 saturated heterocycles. The molecule has 142 valence electrons. The third-order valence-electron chi connectivity index (χ3n) is 4.34. The molecule has 0 amide bonds. The molecule has 0 atom stereocenters. The van der Waals surface area contributed by atoms with Crippen LogP contribution < -0.4 is 5.32 Å². The number of halogens is 1. The Morgan fingerprint density at radius 3 is 2.66 bits per heavy atom. The van der Waals surface area contributed by atoms with Crippen LogP contribution in [0.1, 0.15) is 5.82 Å². The van der Waals surface area contributed by atoms with Gasteiger partial charge in [-0.15, -0.1) is 0 Å². The predicted octanol–water partition coefficient (Wildman–Crippen LogP) is 4.10. The SMILES string of the molecule is Cc1nc(Nc2cnn(-c3ncccc3Cl)c2)c2cnn(-c3ccccc3)c2n1. The van der Waals surface area contributed by atoms with Crippen LogP contribution in [0.15, 0.2) is 67.3 Å². The lowest BCUT2D eigenvalue weighted by atomic mass is 10.3. The van der Waals surface area contributed by atoms with Crippen LogP contribution in [-0.4, -0.2) is 34.5 Å². The number of rotatable bonds is 4. The topological polar surface area (TPSA) is 86.3 Å². The summed E-state index contributed by atoms with van der Waals surface area (Å²) in [6.45, 7) is 1.85. The number of anilines is 2. The standard InChI is InChI=1S/C20H15ClN8/c1-13-25-18(16-11-24-29(19(16)26-13)15-6-3-2-4-7-15)27-14-10-23-28(12-14)20-17(21)8-5-9-22-20/h2-12H,1H3,(H,25,26,27). The minimum absolute atomic E-state index is 0.520. The van der Waals surface area contributed by atoms with E-state index in [1.54, 1.807) is 46.3 Å². The molecule has 0 spiro atoms. The zero-order chi connectivity index (χ0) is 19.8. The number of nitrogens with one attached hydrogen (secondary N) is 1. The van der Waals surface area contributed by atoms with E-state index in [4.69, 9.17) is 11.6 Å². The largest absolute Gasteiger partial charge is 0.337 e. The summed E-state index contributed by atoms with van der Waals surface area (Å²) in [5.74, 6) is 1.85. The van der Waals surface area contributed by atoms with Gasteiger partial charge in [-0.3, -0.25) is 0 Å². The molecule has 9 heteroatoms. The van der Waals surface area contributed by atoms with Gasteiger partial charge in [-0.2, -0.15) is 10.2 Å². The molecule has 1 N–H and O–H groups in total. The Labute approximate surface area is 170 Å². The van der Waals surface area contributed by atoms with Crippen molar-refractivity contribution in [1.82, 2.24) is 34.5 Å². The summed E-state index contributed by atoms with van der Waals surface area (Å²) < 4.78 is 3.41. The van der Waals surface area contributed by atoms with Crippen LogP contribution in [0.25, 0.3) is 22.5 Å². The highest BCUT2D eigenvalue weighted by Gasteiger charge is 2.14. The van der Waals surface area contributed by atoms with Crippen molar-refractivity contribution in [1.29, 1.82) is 0 Å². The van der Waals surface area contributed by atoms with Crippen molar-refractivity contribution in [2.75, 3.05) is 5.32 Å². The molecule has 5 rings (SSSR count). The van der Waals surface area contributed by atoms with E-state index in [-0.39, 0.29) is 0 Å². The number of nitrogens with zero attached hydrogens (tertiary/aromatic N) is 7. The summed E-state index contributed by atoms with van der Waals surface area (Å²) >= 11 is 6.21. The lowest BCUT2D eigenvalue weighted by Gasteiger charge is -2.07. The summed E-state index contributed by atoms with van der Waals surface area (Å²) in [6.07, 6.45) is 6.92. The first-order valence-electron chi connectivity index (χ1n) is 8.89. The van der Waals surface area contributed by atoms with Crippen molar-refractivity contribution < 1.29 is 0 Å². The van der Waals surface area contributed by atoms with Crippen molar-refractivity contribution in [3.63, 3.8) is 0 Å². The predicted molar refractivity (Wildman–Crippen MR) is 111 cm³/mol. The maximum atomic E-state index is 6.21. The molecule has 0 aliphatic rings. The second-order valence-corrected chi connectivity index (χ2v) is 6.76. The minimum Gasteiger partial charge on any atom is -0.337 e. The highest BCUT2D eigenvalue weighted by Crippen LogP contribution is 2.26. The Hall–Kier alpha value is -3.78. The Kier molecular flexibility index (Phi) is 4.18. The lowest BCUT2D eigenvalue weighted by Crippen LogP contribution is -2.02. The Bertz CT molecular complexity index is 1310. The minimum atomic E-state index is 0.520. The van der Waals surface area contributed by atoms with Crippen molar-refractivity contribution in [2.24, 2.45) is 0 Å². The molecular formula is C20H15ClN8. The van der Waals surface area contributed by atoms with Crippen LogP contribution in [0.4, 0.5) is 11.5 Å². The molecule has 0 unspecified atom stereocenters. The van der Waals surface area contributed by atoms with Crippen LogP contribution >= 0.6 is 11.6 Å². The van der Waals surface area contributed by atoms with E-state index in [0.29, 0.717) is 22.5 Å². The number of hydrogen-bond donors (Lipinski definition) is 1. The van der Waals surface area contributed by atoms with E-state index >= 15 is 0 Å². The number of fused-ring (bicyclic) bond motifs is 1. The molecular weight excluding hydrogens is 388 g/mol. The first-order chi connectivity index (χ1) is 14.2. The third-order valence-corrected chi connectivity index (χ3v) is 4.64. The van der Waals surface area contributed by atoms with Crippen molar-refractivity contribution in [2.45, 2.75) is 6.92 Å². The molecule has 5 aromatic rings. The van der Waals surface area contributed by atoms with Gasteiger partial charge >= 0.3 is 0 Å². The van der Waals surface area contributed by atoms with Gasteiger partial charge in [-0.05, 0) is 31.2 Å². The molecule has 0 aliphatic heterocycles. The van der Waals surface area contributed by atoms with Gasteiger partial charge in [0.1, 0.15) is 11.6 Å². The molecule has 8 nitrogen and oxygen atoms in total. The zero-order valence-electron chi connectivity index (χ0n) is 15.4. The summed E-state index contributed by atoms with van der Waals surface area (Å²) in [7, 11) is 0. The average molecular weight is 403 g/mol. The van der Waals surface area contributed by atoms with Gasteiger partial charge in [-0.1, -0.05) is 29.8 Å². The first-order valence-corrected chi connectivity index (χ1v) is 9.27. The van der Waals surface area contributed by atoms with Crippen molar-refractivity contribution >= 4 is 34.1 Å². The normalized spacial score (nSPS) is 11.1. The molecule has 4 aromatic heterocycles. The van der Waals surface area contributed by atoms with Crippen LogP contribution in [0, 0.1) is 6.92 Å². The average Bonchev–Trinajstić information content (AvgIpc) is 3.36. The van der Waals surface area contributed by atoms with Crippen LogP contribution in [0.2, 0.25) is 5.02 Å². The molecule has 0 radical (unpaired) electrons.